The largest absolute Gasteiger partial charge is 0.298 e. The first-order chi connectivity index (χ1) is 3.30. The summed E-state index contributed by atoms with van der Waals surface area (Å²) in [6, 6.07) is 0. The molecule has 1 atom stereocenters. The molecule has 0 aliphatic heterocycles. The molecule has 7 heavy (non-hydrogen) atoms. The molecule has 2 heteroatoms. The third-order valence-electron chi connectivity index (χ3n) is 1.27. The fraction of sp³-hybridized carbons (Fsp3) is 0.800. The van der Waals surface area contributed by atoms with Gasteiger partial charge in [0, 0.05) is 6.42 Å². The van der Waals surface area contributed by atoms with E-state index in [4.69, 9.17) is 0 Å². The summed E-state index contributed by atoms with van der Waals surface area (Å²) >= 11 is 4.04. The topological polar surface area (TPSA) is 17.1 Å². The van der Waals surface area contributed by atoms with Crippen molar-refractivity contribution in [3.63, 3.8) is 0 Å². The van der Waals surface area contributed by atoms with Gasteiger partial charge < -0.3 is 0 Å². The highest BCUT2D eigenvalue weighted by atomic mass is 32.1. The SMILES string of the molecule is O=C1CCCC1S. The lowest BCUT2D eigenvalue weighted by Crippen LogP contribution is -2.02. The van der Waals surface area contributed by atoms with Crippen molar-refractivity contribution in [1.82, 2.24) is 0 Å². The summed E-state index contributed by atoms with van der Waals surface area (Å²) in [5.74, 6) is 0.323. The van der Waals surface area contributed by atoms with E-state index in [2.05, 4.69) is 12.6 Å². The number of rotatable bonds is 0. The lowest BCUT2D eigenvalue weighted by atomic mass is 10.3. The van der Waals surface area contributed by atoms with Gasteiger partial charge in [0.15, 0.2) is 0 Å². The zero-order chi connectivity index (χ0) is 5.28. The maximum Gasteiger partial charge on any atom is 0.145 e. The van der Waals surface area contributed by atoms with Crippen LogP contribution in [0, 0.1) is 0 Å². The van der Waals surface area contributed by atoms with Crippen LogP contribution in [0.3, 0.4) is 0 Å². The molecule has 0 aromatic carbocycles. The summed E-state index contributed by atoms with van der Waals surface area (Å²) in [7, 11) is 0. The summed E-state index contributed by atoms with van der Waals surface area (Å²) < 4.78 is 0. The molecule has 1 saturated carbocycles. The smallest absolute Gasteiger partial charge is 0.145 e. The Morgan fingerprint density at radius 2 is 2.43 bits per heavy atom. The lowest BCUT2D eigenvalue weighted by Gasteiger charge is -1.90. The van der Waals surface area contributed by atoms with Gasteiger partial charge >= 0.3 is 0 Å². The molecule has 0 bridgehead atoms. The molecule has 0 aromatic heterocycles. The minimum absolute atomic E-state index is 0.0694. The summed E-state index contributed by atoms with van der Waals surface area (Å²) in [4.78, 5) is 10.5. The minimum Gasteiger partial charge on any atom is -0.298 e. The van der Waals surface area contributed by atoms with Gasteiger partial charge in [-0.1, -0.05) is 0 Å². The highest BCUT2D eigenvalue weighted by Gasteiger charge is 2.19. The van der Waals surface area contributed by atoms with Crippen LogP contribution in [0.1, 0.15) is 19.3 Å². The number of Topliss-reactive ketones (excluding diaryl/α,β-unsaturated/α-hetero) is 1. The number of carbonyl (C=O) groups is 1. The Kier molecular flexibility index (Phi) is 1.38. The maximum atomic E-state index is 10.5. The fourth-order valence-electron chi connectivity index (χ4n) is 0.797. The number of hydrogen-bond donors (Lipinski definition) is 1. The number of carbonyl (C=O) groups excluding carboxylic acids is 1. The van der Waals surface area contributed by atoms with Crippen molar-refractivity contribution in [2.75, 3.05) is 0 Å². The quantitative estimate of drug-likeness (QED) is 0.468. The van der Waals surface area contributed by atoms with Crippen molar-refractivity contribution in [1.29, 1.82) is 0 Å². The van der Waals surface area contributed by atoms with Gasteiger partial charge in [0.25, 0.3) is 0 Å². The standard InChI is InChI=1S/C5H8OS/c6-4-2-1-3-5(4)7/h5,7H,1-3H2. The zero-order valence-electron chi connectivity index (χ0n) is 4.05. The van der Waals surface area contributed by atoms with E-state index < -0.39 is 0 Å². The summed E-state index contributed by atoms with van der Waals surface area (Å²) in [6.07, 6.45) is 2.79. The van der Waals surface area contributed by atoms with E-state index in [0.717, 1.165) is 19.3 Å². The Labute approximate surface area is 48.5 Å². The predicted molar refractivity (Wildman–Crippen MR) is 31.6 cm³/mol. The first kappa shape index (κ1) is 5.16. The first-order valence-corrected chi connectivity index (χ1v) is 3.03. The second-order valence-electron chi connectivity index (χ2n) is 1.87. The molecule has 1 aliphatic carbocycles. The van der Waals surface area contributed by atoms with Crippen LogP contribution in [0.4, 0.5) is 0 Å². The summed E-state index contributed by atoms with van der Waals surface area (Å²) in [6.45, 7) is 0. The molecular formula is C5H8OS. The average molecular weight is 116 g/mol. The molecule has 1 fully saturated rings. The maximum absolute atomic E-state index is 10.5. The van der Waals surface area contributed by atoms with Gasteiger partial charge in [-0.2, -0.15) is 12.6 Å². The second-order valence-corrected chi connectivity index (χ2v) is 2.50. The molecule has 0 aromatic rings. The van der Waals surface area contributed by atoms with Crippen molar-refractivity contribution in [2.24, 2.45) is 0 Å². The average Bonchev–Trinajstić information content (AvgIpc) is 1.91. The van der Waals surface area contributed by atoms with Gasteiger partial charge in [0.05, 0.1) is 5.25 Å². The fourth-order valence-corrected chi connectivity index (χ4v) is 1.11. The van der Waals surface area contributed by atoms with E-state index >= 15 is 0 Å². The van der Waals surface area contributed by atoms with Crippen LogP contribution in [0.25, 0.3) is 0 Å². The van der Waals surface area contributed by atoms with Gasteiger partial charge in [-0.15, -0.1) is 0 Å². The Morgan fingerprint density at radius 1 is 1.71 bits per heavy atom. The van der Waals surface area contributed by atoms with Gasteiger partial charge in [-0.05, 0) is 12.8 Å². The molecule has 1 rings (SSSR count). The van der Waals surface area contributed by atoms with Crippen LogP contribution >= 0.6 is 12.6 Å². The van der Waals surface area contributed by atoms with E-state index in [1.54, 1.807) is 0 Å². The van der Waals surface area contributed by atoms with Crippen LogP contribution in [0.5, 0.6) is 0 Å². The Balaban J connectivity index is 2.48. The molecule has 0 N–H and O–H groups in total. The number of thiol groups is 1. The monoisotopic (exact) mass is 116 g/mol. The Hall–Kier alpha value is 0.0200. The predicted octanol–water partition coefficient (Wildman–Crippen LogP) is 1.04. The van der Waals surface area contributed by atoms with Crippen molar-refractivity contribution in [3.8, 4) is 0 Å². The van der Waals surface area contributed by atoms with Crippen LogP contribution in [0.2, 0.25) is 0 Å². The molecule has 1 nitrogen and oxygen atoms in total. The Bertz CT molecular complexity index is 90.1. The lowest BCUT2D eigenvalue weighted by molar-refractivity contribution is -0.116. The highest BCUT2D eigenvalue weighted by Crippen LogP contribution is 2.18. The van der Waals surface area contributed by atoms with Gasteiger partial charge in [0.1, 0.15) is 5.78 Å². The molecule has 0 heterocycles. The molecule has 1 unspecified atom stereocenters. The normalized spacial score (nSPS) is 31.6. The minimum atomic E-state index is 0.0694. The number of hydrogen-bond acceptors (Lipinski definition) is 2. The van der Waals surface area contributed by atoms with Crippen molar-refractivity contribution in [2.45, 2.75) is 24.5 Å². The summed E-state index contributed by atoms with van der Waals surface area (Å²) in [5.41, 5.74) is 0. The first-order valence-electron chi connectivity index (χ1n) is 2.51. The van der Waals surface area contributed by atoms with Crippen LogP contribution < -0.4 is 0 Å². The van der Waals surface area contributed by atoms with Gasteiger partial charge in [-0.25, -0.2) is 0 Å². The van der Waals surface area contributed by atoms with Crippen LogP contribution in [-0.4, -0.2) is 11.0 Å². The van der Waals surface area contributed by atoms with Crippen LogP contribution in [0.15, 0.2) is 0 Å². The molecule has 0 amide bonds. The third-order valence-corrected chi connectivity index (χ3v) is 1.82. The molecule has 1 aliphatic rings. The molecule has 0 saturated heterocycles. The van der Waals surface area contributed by atoms with Gasteiger partial charge in [-0.3, -0.25) is 4.79 Å². The molecule has 0 radical (unpaired) electrons. The highest BCUT2D eigenvalue weighted by molar-refractivity contribution is 7.81. The van der Waals surface area contributed by atoms with Crippen molar-refractivity contribution < 1.29 is 4.79 Å². The molecule has 0 spiro atoms. The van der Waals surface area contributed by atoms with Gasteiger partial charge in [0.2, 0.25) is 0 Å². The van der Waals surface area contributed by atoms with Crippen LogP contribution in [-0.2, 0) is 4.79 Å². The molecular weight excluding hydrogens is 108 g/mol. The summed E-state index contributed by atoms with van der Waals surface area (Å²) in [5, 5.41) is 0.0694. The molecule has 40 valence electrons. The Morgan fingerprint density at radius 3 is 2.57 bits per heavy atom. The van der Waals surface area contributed by atoms with Crippen molar-refractivity contribution >= 4 is 18.4 Å². The number of ketones is 1. The van der Waals surface area contributed by atoms with E-state index in [1.807, 2.05) is 0 Å². The van der Waals surface area contributed by atoms with E-state index in [0.29, 0.717) is 5.78 Å². The van der Waals surface area contributed by atoms with E-state index in [9.17, 15) is 4.79 Å². The van der Waals surface area contributed by atoms with Crippen molar-refractivity contribution in [3.05, 3.63) is 0 Å². The van der Waals surface area contributed by atoms with E-state index in [-0.39, 0.29) is 5.25 Å². The van der Waals surface area contributed by atoms with E-state index in [1.165, 1.54) is 0 Å². The third kappa shape index (κ3) is 0.969. The second kappa shape index (κ2) is 1.86. The zero-order valence-corrected chi connectivity index (χ0v) is 4.95.